The van der Waals surface area contributed by atoms with Crippen LogP contribution in [0, 0.1) is 6.92 Å². The Morgan fingerprint density at radius 1 is 1.05 bits per heavy atom. The van der Waals surface area contributed by atoms with Crippen LogP contribution in [0.5, 0.6) is 0 Å². The lowest BCUT2D eigenvalue weighted by molar-refractivity contribution is -0.153. The number of nitrogens with zero attached hydrogens (tertiary/aromatic N) is 4. The molecule has 4 atom stereocenters. The molecule has 3 fully saturated rings. The SMILES string of the molecule is CCCCCC1CN(CC(=O)N2CCCCC2C(OC)N2CCCCC2)C(=O)C2=CC(c3ccc(C)cc3)NN21. The molecule has 0 aromatic heterocycles. The number of unbranched alkanes of at least 4 members (excludes halogenated alkanes) is 2. The first kappa shape index (κ1) is 29.1. The molecule has 4 heterocycles. The monoisotopic (exact) mass is 551 g/mol. The predicted molar refractivity (Wildman–Crippen MR) is 157 cm³/mol. The summed E-state index contributed by atoms with van der Waals surface area (Å²) in [6.07, 6.45) is 13.1. The number of methoxy groups -OCH3 is 1. The number of ether oxygens (including phenoxy) is 1. The Balaban J connectivity index is 1.32. The summed E-state index contributed by atoms with van der Waals surface area (Å²) >= 11 is 0. The Kier molecular flexibility index (Phi) is 9.81. The second-order valence-corrected chi connectivity index (χ2v) is 12.1. The highest BCUT2D eigenvalue weighted by Gasteiger charge is 2.43. The fraction of sp³-hybridized carbons (Fsp3) is 0.688. The molecular weight excluding hydrogens is 502 g/mol. The molecule has 0 saturated carbocycles. The minimum absolute atomic E-state index is 0.0395. The van der Waals surface area contributed by atoms with Crippen molar-refractivity contribution in [1.82, 2.24) is 25.1 Å². The normalized spacial score (nSPS) is 26.6. The van der Waals surface area contributed by atoms with E-state index in [9.17, 15) is 9.59 Å². The topological polar surface area (TPSA) is 68.4 Å². The van der Waals surface area contributed by atoms with Crippen molar-refractivity contribution in [2.75, 3.05) is 39.8 Å². The Bertz CT molecular complexity index is 1040. The van der Waals surface area contributed by atoms with E-state index in [0.29, 0.717) is 12.2 Å². The lowest BCUT2D eigenvalue weighted by Crippen LogP contribution is -2.61. The molecular formula is C32H49N5O3. The van der Waals surface area contributed by atoms with Crippen LogP contribution < -0.4 is 5.43 Å². The summed E-state index contributed by atoms with van der Waals surface area (Å²) < 4.78 is 6.04. The Labute approximate surface area is 240 Å². The molecule has 5 rings (SSSR count). The number of rotatable bonds is 10. The van der Waals surface area contributed by atoms with Crippen LogP contribution in [0.4, 0.5) is 0 Å². The summed E-state index contributed by atoms with van der Waals surface area (Å²) in [5.41, 5.74) is 6.67. The second kappa shape index (κ2) is 13.5. The number of piperidine rings is 2. The van der Waals surface area contributed by atoms with Crippen molar-refractivity contribution < 1.29 is 14.3 Å². The molecule has 0 bridgehead atoms. The van der Waals surface area contributed by atoms with Crippen LogP contribution in [-0.2, 0) is 14.3 Å². The first-order chi connectivity index (χ1) is 19.5. The molecule has 2 amide bonds. The Morgan fingerprint density at radius 3 is 2.52 bits per heavy atom. The summed E-state index contributed by atoms with van der Waals surface area (Å²) in [6.45, 7) is 7.80. The van der Waals surface area contributed by atoms with Gasteiger partial charge in [0.2, 0.25) is 5.91 Å². The average Bonchev–Trinajstić information content (AvgIpc) is 3.43. The van der Waals surface area contributed by atoms with Gasteiger partial charge in [0, 0.05) is 33.3 Å². The second-order valence-electron chi connectivity index (χ2n) is 12.1. The van der Waals surface area contributed by atoms with Gasteiger partial charge in [-0.2, -0.15) is 0 Å². The van der Waals surface area contributed by atoms with Gasteiger partial charge < -0.3 is 14.5 Å². The maximum absolute atomic E-state index is 13.9. The quantitative estimate of drug-likeness (QED) is 0.436. The van der Waals surface area contributed by atoms with Gasteiger partial charge in [0.25, 0.3) is 5.91 Å². The molecule has 0 spiro atoms. The fourth-order valence-corrected chi connectivity index (χ4v) is 7.02. The van der Waals surface area contributed by atoms with Gasteiger partial charge in [0.1, 0.15) is 18.5 Å². The molecule has 4 unspecified atom stereocenters. The predicted octanol–water partition coefficient (Wildman–Crippen LogP) is 4.37. The molecule has 0 aliphatic carbocycles. The van der Waals surface area contributed by atoms with E-state index in [4.69, 9.17) is 4.74 Å². The van der Waals surface area contributed by atoms with E-state index in [-0.39, 0.29) is 42.7 Å². The number of carbonyl (C=O) groups is 2. The van der Waals surface area contributed by atoms with Crippen molar-refractivity contribution in [3.63, 3.8) is 0 Å². The minimum Gasteiger partial charge on any atom is -0.364 e. The van der Waals surface area contributed by atoms with E-state index < -0.39 is 0 Å². The maximum atomic E-state index is 13.9. The maximum Gasteiger partial charge on any atom is 0.271 e. The highest BCUT2D eigenvalue weighted by atomic mass is 16.5. The van der Waals surface area contributed by atoms with Gasteiger partial charge in [-0.1, -0.05) is 62.4 Å². The van der Waals surface area contributed by atoms with E-state index in [1.54, 1.807) is 7.11 Å². The molecule has 40 heavy (non-hydrogen) atoms. The third-order valence-electron chi connectivity index (χ3n) is 9.26. The molecule has 220 valence electrons. The van der Waals surface area contributed by atoms with E-state index in [1.807, 2.05) is 9.80 Å². The number of nitrogens with one attached hydrogen (secondary N) is 1. The molecule has 3 saturated heterocycles. The van der Waals surface area contributed by atoms with Gasteiger partial charge in [0.15, 0.2) is 0 Å². The lowest BCUT2D eigenvalue weighted by Gasteiger charge is -2.46. The third kappa shape index (κ3) is 6.39. The molecule has 1 aromatic carbocycles. The molecule has 8 heteroatoms. The van der Waals surface area contributed by atoms with Gasteiger partial charge in [-0.05, 0) is 57.1 Å². The number of carbonyl (C=O) groups excluding carboxylic acids is 2. The summed E-state index contributed by atoms with van der Waals surface area (Å²) in [4.78, 5) is 34.0. The zero-order valence-electron chi connectivity index (χ0n) is 24.8. The number of hydrazine groups is 1. The first-order valence-electron chi connectivity index (χ1n) is 15.7. The summed E-state index contributed by atoms with van der Waals surface area (Å²) in [7, 11) is 1.78. The van der Waals surface area contributed by atoms with Crippen LogP contribution in [-0.4, -0.2) is 89.7 Å². The van der Waals surface area contributed by atoms with Crippen LogP contribution in [0.1, 0.15) is 88.3 Å². The number of benzene rings is 1. The summed E-state index contributed by atoms with van der Waals surface area (Å²) in [6, 6.07) is 8.64. The van der Waals surface area contributed by atoms with Crippen LogP contribution in [0.2, 0.25) is 0 Å². The minimum atomic E-state index is -0.0732. The van der Waals surface area contributed by atoms with Crippen LogP contribution in [0.3, 0.4) is 0 Å². The number of likely N-dealkylation sites (tertiary alicyclic amines) is 2. The van der Waals surface area contributed by atoms with Crippen molar-refractivity contribution in [3.05, 3.63) is 47.2 Å². The largest absolute Gasteiger partial charge is 0.364 e. The zero-order valence-corrected chi connectivity index (χ0v) is 24.8. The van der Waals surface area contributed by atoms with Gasteiger partial charge in [-0.25, -0.2) is 5.43 Å². The van der Waals surface area contributed by atoms with E-state index in [2.05, 4.69) is 59.5 Å². The Morgan fingerprint density at radius 2 is 1.80 bits per heavy atom. The smallest absolute Gasteiger partial charge is 0.271 e. The standard InChI is InChI=1S/C32H49N5O3/c1-4-5-7-12-26-22-35(31(39)29-21-27(33-37(26)29)25-16-14-24(2)15-17-25)23-30(38)36-20-11-8-13-28(36)32(40-3)34-18-9-6-10-19-34/h14-17,21,26-28,32-33H,4-13,18-20,22-23H2,1-3H3. The van der Waals surface area contributed by atoms with E-state index in [1.165, 1.54) is 31.2 Å². The van der Waals surface area contributed by atoms with Crippen molar-refractivity contribution >= 4 is 11.8 Å². The lowest BCUT2D eigenvalue weighted by atomic mass is 9.98. The van der Waals surface area contributed by atoms with Gasteiger partial charge in [-0.15, -0.1) is 0 Å². The third-order valence-corrected chi connectivity index (χ3v) is 9.26. The number of piperazine rings is 1. The number of hydrogen-bond acceptors (Lipinski definition) is 6. The van der Waals surface area contributed by atoms with Gasteiger partial charge >= 0.3 is 0 Å². The molecule has 8 nitrogen and oxygen atoms in total. The molecule has 0 radical (unpaired) electrons. The number of aryl methyl sites for hydroxylation is 1. The van der Waals surface area contributed by atoms with Crippen LogP contribution in [0.15, 0.2) is 36.0 Å². The number of amides is 2. The molecule has 1 N–H and O–H groups in total. The molecule has 4 aliphatic heterocycles. The van der Waals surface area contributed by atoms with Crippen molar-refractivity contribution in [2.45, 2.75) is 102 Å². The first-order valence-corrected chi connectivity index (χ1v) is 15.7. The fourth-order valence-electron chi connectivity index (χ4n) is 7.02. The highest BCUT2D eigenvalue weighted by molar-refractivity contribution is 5.96. The number of fused-ring (bicyclic) bond motifs is 1. The van der Waals surface area contributed by atoms with E-state index >= 15 is 0 Å². The summed E-state index contributed by atoms with van der Waals surface area (Å²) in [5.74, 6) is 0.00888. The van der Waals surface area contributed by atoms with Crippen LogP contribution in [0.25, 0.3) is 0 Å². The molecule has 1 aromatic rings. The molecule has 4 aliphatic rings. The van der Waals surface area contributed by atoms with Crippen LogP contribution >= 0.6 is 0 Å². The van der Waals surface area contributed by atoms with Crippen molar-refractivity contribution in [2.24, 2.45) is 0 Å². The summed E-state index contributed by atoms with van der Waals surface area (Å²) in [5, 5.41) is 2.10. The van der Waals surface area contributed by atoms with Crippen molar-refractivity contribution in [3.8, 4) is 0 Å². The van der Waals surface area contributed by atoms with E-state index in [0.717, 1.165) is 63.7 Å². The van der Waals surface area contributed by atoms with Gasteiger partial charge in [0.05, 0.1) is 18.1 Å². The average molecular weight is 552 g/mol. The Hall–Kier alpha value is -2.42. The highest BCUT2D eigenvalue weighted by Crippen LogP contribution is 2.33. The number of hydrogen-bond donors (Lipinski definition) is 1. The zero-order chi connectivity index (χ0) is 28.1. The van der Waals surface area contributed by atoms with Gasteiger partial charge in [-0.3, -0.25) is 19.5 Å². The van der Waals surface area contributed by atoms with Crippen molar-refractivity contribution in [1.29, 1.82) is 0 Å².